The number of nitrogens with two attached hydrogens (primary N) is 2. The van der Waals surface area contributed by atoms with Crippen LogP contribution in [-0.2, 0) is 16.0 Å². The van der Waals surface area contributed by atoms with E-state index in [9.17, 15) is 4.79 Å². The highest BCUT2D eigenvalue weighted by Crippen LogP contribution is 2.13. The number of benzene rings is 1. The number of amidine groups is 1. The van der Waals surface area contributed by atoms with E-state index >= 15 is 0 Å². The van der Waals surface area contributed by atoms with Gasteiger partial charge in [-0.25, -0.2) is 15.9 Å². The lowest BCUT2D eigenvalue weighted by Gasteiger charge is -2.28. The second kappa shape index (κ2) is 11.2. The largest absolute Gasteiger partial charge is 0.497 e. The highest BCUT2D eigenvalue weighted by atomic mass is 16.6. The highest BCUT2D eigenvalue weighted by Gasteiger charge is 2.23. The van der Waals surface area contributed by atoms with E-state index < -0.39 is 6.10 Å². The van der Waals surface area contributed by atoms with Crippen LogP contribution in [0.1, 0.15) is 27.3 Å². The molecule has 0 spiro atoms. The van der Waals surface area contributed by atoms with Gasteiger partial charge < -0.3 is 25.3 Å². The van der Waals surface area contributed by atoms with Crippen LogP contribution in [-0.4, -0.2) is 60.9 Å². The van der Waals surface area contributed by atoms with E-state index in [1.54, 1.807) is 26.2 Å². The zero-order valence-corrected chi connectivity index (χ0v) is 18.5. The summed E-state index contributed by atoms with van der Waals surface area (Å²) in [7, 11) is 1.59. The SMILES string of the molecule is COc1cccc(CNC(=O)c2cc(/C(N)=N/N(N)C[C@H]3CO[C@@H](C#N)CO3)cc(C)n2)c1. The number of ether oxygens (including phenoxy) is 3. The third kappa shape index (κ3) is 6.88. The molecule has 3 rings (SSSR count). The number of nitrogens with zero attached hydrogens (tertiary/aromatic N) is 4. The Balaban J connectivity index is 1.63. The summed E-state index contributed by atoms with van der Waals surface area (Å²) in [5.41, 5.74) is 8.34. The van der Waals surface area contributed by atoms with Crippen molar-refractivity contribution >= 4 is 11.7 Å². The molecule has 2 atom stereocenters. The molecule has 0 bridgehead atoms. The molecule has 5 N–H and O–H groups in total. The summed E-state index contributed by atoms with van der Waals surface area (Å²) in [4.78, 5) is 17.0. The van der Waals surface area contributed by atoms with E-state index in [0.29, 0.717) is 23.6 Å². The number of hydrogen-bond donors (Lipinski definition) is 3. The number of aromatic nitrogens is 1. The summed E-state index contributed by atoms with van der Waals surface area (Å²) < 4.78 is 16.1. The number of carbonyl (C=O) groups excluding carboxylic acids is 1. The second-order valence-electron chi connectivity index (χ2n) is 7.43. The summed E-state index contributed by atoms with van der Waals surface area (Å²) >= 11 is 0. The Hall–Kier alpha value is -3.72. The highest BCUT2D eigenvalue weighted by molar-refractivity contribution is 6.00. The van der Waals surface area contributed by atoms with Gasteiger partial charge in [-0.1, -0.05) is 12.1 Å². The number of nitrogens with one attached hydrogen (secondary N) is 1. The number of rotatable bonds is 8. The molecule has 1 aliphatic rings. The quantitative estimate of drug-likeness (QED) is 0.223. The van der Waals surface area contributed by atoms with Crippen molar-refractivity contribution < 1.29 is 19.0 Å². The molecule has 1 aromatic carbocycles. The van der Waals surface area contributed by atoms with E-state index in [-0.39, 0.29) is 43.3 Å². The van der Waals surface area contributed by atoms with Gasteiger partial charge in [0.15, 0.2) is 11.9 Å². The van der Waals surface area contributed by atoms with Crippen molar-refractivity contribution in [3.63, 3.8) is 0 Å². The molecule has 0 radical (unpaired) electrons. The Morgan fingerprint density at radius 3 is 2.88 bits per heavy atom. The lowest BCUT2D eigenvalue weighted by atomic mass is 10.1. The maximum Gasteiger partial charge on any atom is 0.270 e. The standard InChI is InChI=1S/C22H27N7O4/c1-14-6-16(21(24)28-29(25)11-19-13-32-18(9-23)12-33-19)8-20(27-14)22(30)26-10-15-4-3-5-17(7-15)31-2/h3-8,18-19H,10-13,25H2,1-2H3,(H2,24,28)(H,26,30)/t18-,19-/m0/s1. The Bertz CT molecular complexity index is 1050. The Morgan fingerprint density at radius 2 is 2.18 bits per heavy atom. The molecule has 0 unspecified atom stereocenters. The van der Waals surface area contributed by atoms with Gasteiger partial charge in [-0.05, 0) is 36.8 Å². The van der Waals surface area contributed by atoms with Gasteiger partial charge >= 0.3 is 0 Å². The van der Waals surface area contributed by atoms with E-state index in [4.69, 9.17) is 31.0 Å². The van der Waals surface area contributed by atoms with Crippen molar-refractivity contribution in [2.24, 2.45) is 16.7 Å². The van der Waals surface area contributed by atoms with Gasteiger partial charge in [-0.2, -0.15) is 5.26 Å². The van der Waals surface area contributed by atoms with Crippen LogP contribution in [0.5, 0.6) is 5.75 Å². The zero-order chi connectivity index (χ0) is 23.8. The molecule has 174 valence electrons. The van der Waals surface area contributed by atoms with Crippen LogP contribution < -0.4 is 21.6 Å². The Labute approximate surface area is 191 Å². The van der Waals surface area contributed by atoms with Crippen molar-refractivity contribution in [1.29, 1.82) is 5.26 Å². The molecule has 11 heteroatoms. The molecule has 1 saturated heterocycles. The van der Waals surface area contributed by atoms with Crippen LogP contribution in [0.15, 0.2) is 41.5 Å². The zero-order valence-electron chi connectivity index (χ0n) is 18.5. The minimum atomic E-state index is -0.575. The van der Waals surface area contributed by atoms with Crippen molar-refractivity contribution in [1.82, 2.24) is 15.4 Å². The van der Waals surface area contributed by atoms with Gasteiger partial charge in [0.05, 0.1) is 32.9 Å². The molecule has 2 heterocycles. The van der Waals surface area contributed by atoms with Crippen molar-refractivity contribution in [2.45, 2.75) is 25.7 Å². The molecule has 11 nitrogen and oxygen atoms in total. The van der Waals surface area contributed by atoms with Crippen molar-refractivity contribution in [2.75, 3.05) is 26.9 Å². The van der Waals surface area contributed by atoms with Gasteiger partial charge in [-0.15, -0.1) is 5.10 Å². The molecule has 1 aromatic heterocycles. The Morgan fingerprint density at radius 1 is 1.36 bits per heavy atom. The fourth-order valence-corrected chi connectivity index (χ4v) is 3.16. The monoisotopic (exact) mass is 453 g/mol. The van der Waals surface area contributed by atoms with Gasteiger partial charge in [0.2, 0.25) is 0 Å². The molecular weight excluding hydrogens is 426 g/mol. The number of hydrazone groups is 1. The normalized spacial score (nSPS) is 18.3. The van der Waals surface area contributed by atoms with Gasteiger partial charge in [0.25, 0.3) is 5.91 Å². The minimum Gasteiger partial charge on any atom is -0.497 e. The number of nitriles is 1. The van der Waals surface area contributed by atoms with E-state index in [2.05, 4.69) is 15.4 Å². The summed E-state index contributed by atoms with van der Waals surface area (Å²) in [5, 5.41) is 17.0. The molecule has 0 aliphatic carbocycles. The van der Waals surface area contributed by atoms with Crippen LogP contribution in [0.4, 0.5) is 0 Å². The van der Waals surface area contributed by atoms with Crippen LogP contribution in [0.25, 0.3) is 0 Å². The average molecular weight is 454 g/mol. The number of methoxy groups -OCH3 is 1. The molecule has 1 fully saturated rings. The van der Waals surface area contributed by atoms with E-state index in [1.165, 1.54) is 0 Å². The first-order valence-corrected chi connectivity index (χ1v) is 10.3. The fourth-order valence-electron chi connectivity index (χ4n) is 3.16. The molecule has 0 saturated carbocycles. The van der Waals surface area contributed by atoms with Crippen LogP contribution >= 0.6 is 0 Å². The predicted molar refractivity (Wildman–Crippen MR) is 120 cm³/mol. The number of carbonyl (C=O) groups is 1. The minimum absolute atomic E-state index is 0.122. The lowest BCUT2D eigenvalue weighted by molar-refractivity contribution is -0.121. The summed E-state index contributed by atoms with van der Waals surface area (Å²) in [5.74, 6) is 6.43. The number of hydrogen-bond acceptors (Lipinski definition) is 9. The summed E-state index contributed by atoms with van der Waals surface area (Å²) in [6, 6.07) is 12.7. The number of hydrazine groups is 1. The molecular formula is C22H27N7O4. The number of amides is 1. The fraction of sp³-hybridized carbons (Fsp3) is 0.364. The average Bonchev–Trinajstić information content (AvgIpc) is 2.82. The predicted octanol–water partition coefficient (Wildman–Crippen LogP) is 0.432. The Kier molecular flexibility index (Phi) is 8.15. The maximum atomic E-state index is 12.7. The first-order chi connectivity index (χ1) is 15.9. The van der Waals surface area contributed by atoms with Crippen LogP contribution in [0.3, 0.4) is 0 Å². The first-order valence-electron chi connectivity index (χ1n) is 10.3. The number of aryl methyl sites for hydroxylation is 1. The van der Waals surface area contributed by atoms with Crippen LogP contribution in [0.2, 0.25) is 0 Å². The van der Waals surface area contributed by atoms with Crippen molar-refractivity contribution in [3.05, 3.63) is 58.9 Å². The van der Waals surface area contributed by atoms with E-state index in [1.807, 2.05) is 30.3 Å². The molecule has 1 aliphatic heterocycles. The first kappa shape index (κ1) is 23.9. The number of pyridine rings is 1. The van der Waals surface area contributed by atoms with Gasteiger partial charge in [0, 0.05) is 17.8 Å². The topological polar surface area (TPSA) is 161 Å². The molecule has 33 heavy (non-hydrogen) atoms. The molecule has 2 aromatic rings. The van der Waals surface area contributed by atoms with Gasteiger partial charge in [-0.3, -0.25) is 4.79 Å². The lowest BCUT2D eigenvalue weighted by Crippen LogP contribution is -2.44. The molecule has 1 amide bonds. The smallest absolute Gasteiger partial charge is 0.270 e. The van der Waals surface area contributed by atoms with Crippen LogP contribution in [0, 0.1) is 18.3 Å². The third-order valence-electron chi connectivity index (χ3n) is 4.81. The van der Waals surface area contributed by atoms with Gasteiger partial charge in [0.1, 0.15) is 17.5 Å². The summed E-state index contributed by atoms with van der Waals surface area (Å²) in [6.45, 7) is 2.70. The van der Waals surface area contributed by atoms with Crippen molar-refractivity contribution in [3.8, 4) is 11.8 Å². The second-order valence-corrected chi connectivity index (χ2v) is 7.43. The van der Waals surface area contributed by atoms with E-state index in [0.717, 1.165) is 10.7 Å². The maximum absolute atomic E-state index is 12.7. The third-order valence-corrected chi connectivity index (χ3v) is 4.81. The summed E-state index contributed by atoms with van der Waals surface area (Å²) in [6.07, 6.45) is -0.914.